The number of rotatable bonds is 5. The van der Waals surface area contributed by atoms with E-state index in [1.807, 2.05) is 6.07 Å². The van der Waals surface area contributed by atoms with Gasteiger partial charge in [0.15, 0.2) is 10.9 Å². The molecule has 2 aromatic carbocycles. The zero-order valence-corrected chi connectivity index (χ0v) is 17.3. The summed E-state index contributed by atoms with van der Waals surface area (Å²) < 4.78 is 6.64. The van der Waals surface area contributed by atoms with Crippen LogP contribution in [-0.4, -0.2) is 29.5 Å². The summed E-state index contributed by atoms with van der Waals surface area (Å²) in [5.74, 6) is 0.368. The molecule has 9 heteroatoms. The zero-order chi connectivity index (χ0) is 21.1. The molecule has 1 aromatic heterocycles. The first-order chi connectivity index (χ1) is 14.6. The van der Waals surface area contributed by atoms with Crippen LogP contribution in [0.5, 0.6) is 5.75 Å². The maximum absolute atomic E-state index is 12.5. The van der Waals surface area contributed by atoms with E-state index in [-0.39, 0.29) is 17.6 Å². The SMILES string of the molecule is COc1c(C2CCCCCN2)ccc2sc(NC(=O)c3ccc([N+](=O)[O-])cc3)nc12. The second-order valence-corrected chi connectivity index (χ2v) is 8.20. The molecule has 4 rings (SSSR count). The maximum Gasteiger partial charge on any atom is 0.269 e. The Labute approximate surface area is 177 Å². The number of non-ortho nitro benzene ring substituents is 1. The number of carbonyl (C=O) groups is 1. The van der Waals surface area contributed by atoms with Gasteiger partial charge in [-0.2, -0.15) is 0 Å². The van der Waals surface area contributed by atoms with E-state index >= 15 is 0 Å². The van der Waals surface area contributed by atoms with Gasteiger partial charge in [0.2, 0.25) is 0 Å². The highest BCUT2D eigenvalue weighted by atomic mass is 32.1. The first-order valence-corrected chi connectivity index (χ1v) is 10.6. The predicted molar refractivity (Wildman–Crippen MR) is 116 cm³/mol. The minimum Gasteiger partial charge on any atom is -0.494 e. The molecule has 0 aliphatic carbocycles. The van der Waals surface area contributed by atoms with Crippen molar-refractivity contribution in [3.05, 3.63) is 57.6 Å². The molecule has 1 fully saturated rings. The van der Waals surface area contributed by atoms with Crippen molar-refractivity contribution in [2.45, 2.75) is 31.7 Å². The Bertz CT molecular complexity index is 1070. The number of amides is 1. The molecule has 1 aliphatic rings. The number of nitrogens with zero attached hydrogens (tertiary/aromatic N) is 2. The Morgan fingerprint density at radius 2 is 2.03 bits per heavy atom. The molecule has 1 aliphatic heterocycles. The van der Waals surface area contributed by atoms with E-state index in [2.05, 4.69) is 21.7 Å². The highest BCUT2D eigenvalue weighted by molar-refractivity contribution is 7.22. The lowest BCUT2D eigenvalue weighted by Crippen LogP contribution is -2.20. The van der Waals surface area contributed by atoms with E-state index < -0.39 is 4.92 Å². The van der Waals surface area contributed by atoms with Gasteiger partial charge in [0, 0.05) is 29.3 Å². The van der Waals surface area contributed by atoms with Crippen LogP contribution in [0.1, 0.15) is 47.6 Å². The van der Waals surface area contributed by atoms with Crippen LogP contribution in [0, 0.1) is 10.1 Å². The average molecular weight is 426 g/mol. The largest absolute Gasteiger partial charge is 0.494 e. The quantitative estimate of drug-likeness (QED) is 0.454. The lowest BCUT2D eigenvalue weighted by Gasteiger charge is -2.19. The molecule has 2 heterocycles. The lowest BCUT2D eigenvalue weighted by molar-refractivity contribution is -0.384. The predicted octanol–water partition coefficient (Wildman–Crippen LogP) is 4.67. The van der Waals surface area contributed by atoms with Gasteiger partial charge in [0.25, 0.3) is 11.6 Å². The van der Waals surface area contributed by atoms with Crippen molar-refractivity contribution < 1.29 is 14.5 Å². The molecule has 1 amide bonds. The van der Waals surface area contributed by atoms with E-state index in [9.17, 15) is 14.9 Å². The Hall–Kier alpha value is -3.04. The van der Waals surface area contributed by atoms with Crippen LogP contribution >= 0.6 is 11.3 Å². The number of hydrogen-bond acceptors (Lipinski definition) is 7. The molecule has 3 aromatic rings. The second-order valence-electron chi connectivity index (χ2n) is 7.17. The molecule has 156 valence electrons. The third kappa shape index (κ3) is 4.12. The van der Waals surface area contributed by atoms with Gasteiger partial charge in [-0.3, -0.25) is 20.2 Å². The molecule has 0 bridgehead atoms. The molecular formula is C21H22N4O4S. The summed E-state index contributed by atoms with van der Waals surface area (Å²) in [4.78, 5) is 27.4. The summed E-state index contributed by atoms with van der Waals surface area (Å²) >= 11 is 1.37. The summed E-state index contributed by atoms with van der Waals surface area (Å²) in [5, 5.41) is 17.6. The number of methoxy groups -OCH3 is 1. The number of thiazole rings is 1. The topological polar surface area (TPSA) is 106 Å². The lowest BCUT2D eigenvalue weighted by atomic mass is 10.0. The van der Waals surface area contributed by atoms with E-state index in [0.717, 1.165) is 34.5 Å². The number of anilines is 1. The Morgan fingerprint density at radius 3 is 2.77 bits per heavy atom. The number of carbonyl (C=O) groups excluding carboxylic acids is 1. The van der Waals surface area contributed by atoms with Gasteiger partial charge < -0.3 is 10.1 Å². The number of nitro groups is 1. The smallest absolute Gasteiger partial charge is 0.269 e. The van der Waals surface area contributed by atoms with Crippen LogP contribution in [0.3, 0.4) is 0 Å². The number of benzene rings is 2. The molecule has 2 N–H and O–H groups in total. The normalized spacial score (nSPS) is 16.8. The number of ether oxygens (including phenoxy) is 1. The van der Waals surface area contributed by atoms with Gasteiger partial charge in [0.05, 0.1) is 16.7 Å². The molecule has 8 nitrogen and oxygen atoms in total. The molecule has 0 saturated carbocycles. The fourth-order valence-corrected chi connectivity index (χ4v) is 4.59. The molecule has 0 spiro atoms. The number of aromatic nitrogens is 1. The Kier molecular flexibility index (Phi) is 5.91. The van der Waals surface area contributed by atoms with E-state index in [4.69, 9.17) is 4.74 Å². The number of fused-ring (bicyclic) bond motifs is 1. The van der Waals surface area contributed by atoms with Gasteiger partial charge in [-0.05, 0) is 37.6 Å². The van der Waals surface area contributed by atoms with E-state index in [0.29, 0.717) is 10.7 Å². The highest BCUT2D eigenvalue weighted by Gasteiger charge is 2.22. The molecule has 0 radical (unpaired) electrons. The Morgan fingerprint density at radius 1 is 1.23 bits per heavy atom. The first-order valence-electron chi connectivity index (χ1n) is 9.83. The summed E-state index contributed by atoms with van der Waals surface area (Å²) in [6.07, 6.45) is 4.63. The van der Waals surface area contributed by atoms with Crippen LogP contribution in [0.4, 0.5) is 10.8 Å². The number of nitro benzene ring substituents is 1. The van der Waals surface area contributed by atoms with Crippen molar-refractivity contribution in [2.24, 2.45) is 0 Å². The fraction of sp³-hybridized carbons (Fsp3) is 0.333. The molecule has 30 heavy (non-hydrogen) atoms. The maximum atomic E-state index is 12.5. The minimum atomic E-state index is -0.498. The number of hydrogen-bond donors (Lipinski definition) is 2. The molecule has 1 saturated heterocycles. The van der Waals surface area contributed by atoms with Gasteiger partial charge in [-0.1, -0.05) is 30.2 Å². The minimum absolute atomic E-state index is 0.0593. The average Bonchev–Trinajstić information content (AvgIpc) is 2.96. The standard InChI is InChI=1S/C21H22N4O4S/c1-29-19-15(16-5-3-2-4-12-22-16)10-11-17-18(19)23-21(30-17)24-20(26)13-6-8-14(9-7-13)25(27)28/h6-11,16,22H,2-5,12H2,1H3,(H,23,24,26). The molecular weight excluding hydrogens is 404 g/mol. The van der Waals surface area contributed by atoms with Crippen LogP contribution in [0.2, 0.25) is 0 Å². The van der Waals surface area contributed by atoms with E-state index in [1.165, 1.54) is 54.9 Å². The van der Waals surface area contributed by atoms with Crippen molar-refractivity contribution in [2.75, 3.05) is 19.0 Å². The first kappa shape index (κ1) is 20.2. The second kappa shape index (κ2) is 8.76. The monoisotopic (exact) mass is 426 g/mol. The number of nitrogens with one attached hydrogen (secondary N) is 2. The van der Waals surface area contributed by atoms with Gasteiger partial charge in [-0.25, -0.2) is 4.98 Å². The van der Waals surface area contributed by atoms with Crippen LogP contribution in [0.25, 0.3) is 10.2 Å². The van der Waals surface area contributed by atoms with Gasteiger partial charge in [0.1, 0.15) is 5.52 Å². The third-order valence-electron chi connectivity index (χ3n) is 5.25. The summed E-state index contributed by atoms with van der Waals surface area (Å²) in [5.41, 5.74) is 2.08. The zero-order valence-electron chi connectivity index (χ0n) is 16.5. The fourth-order valence-electron chi connectivity index (χ4n) is 3.73. The third-order valence-corrected chi connectivity index (χ3v) is 6.18. The van der Waals surface area contributed by atoms with Crippen LogP contribution < -0.4 is 15.4 Å². The van der Waals surface area contributed by atoms with Crippen LogP contribution in [-0.2, 0) is 0 Å². The van der Waals surface area contributed by atoms with Gasteiger partial charge >= 0.3 is 0 Å². The van der Waals surface area contributed by atoms with Crippen molar-refractivity contribution in [3.63, 3.8) is 0 Å². The summed E-state index contributed by atoms with van der Waals surface area (Å²) in [6.45, 7) is 0.986. The van der Waals surface area contributed by atoms with Crippen LogP contribution in [0.15, 0.2) is 36.4 Å². The Balaban J connectivity index is 1.59. The van der Waals surface area contributed by atoms with Crippen molar-refractivity contribution in [1.29, 1.82) is 0 Å². The van der Waals surface area contributed by atoms with Crippen molar-refractivity contribution in [3.8, 4) is 5.75 Å². The van der Waals surface area contributed by atoms with Crippen molar-refractivity contribution in [1.82, 2.24) is 10.3 Å². The molecule has 1 unspecified atom stereocenters. The summed E-state index contributed by atoms with van der Waals surface area (Å²) in [6, 6.07) is 9.79. The van der Waals surface area contributed by atoms with Crippen molar-refractivity contribution >= 4 is 38.3 Å². The highest BCUT2D eigenvalue weighted by Crippen LogP contribution is 2.39. The summed E-state index contributed by atoms with van der Waals surface area (Å²) in [7, 11) is 1.64. The van der Waals surface area contributed by atoms with E-state index in [1.54, 1.807) is 7.11 Å². The molecule has 1 atom stereocenters. The van der Waals surface area contributed by atoms with Gasteiger partial charge in [-0.15, -0.1) is 0 Å².